The van der Waals surface area contributed by atoms with E-state index in [0.717, 1.165) is 22.1 Å². The third-order valence-electron chi connectivity index (χ3n) is 4.69. The van der Waals surface area contributed by atoms with Gasteiger partial charge >= 0.3 is 0 Å². The number of thiazole rings is 1. The fourth-order valence-electron chi connectivity index (χ4n) is 3.18. The Morgan fingerprint density at radius 1 is 1.08 bits per heavy atom. The number of aryl methyl sites for hydroxylation is 3. The summed E-state index contributed by atoms with van der Waals surface area (Å²) in [5.41, 5.74) is 11.6. The Hall–Kier alpha value is -2.46. The van der Waals surface area contributed by atoms with Crippen molar-refractivity contribution in [3.63, 3.8) is 0 Å². The molecule has 0 bridgehead atoms. The fraction of sp³-hybridized carbons (Fsp3) is 0.238. The lowest BCUT2D eigenvalue weighted by molar-refractivity contribution is 0.912. The summed E-state index contributed by atoms with van der Waals surface area (Å²) in [4.78, 5) is 4.69. The van der Waals surface area contributed by atoms with Crippen molar-refractivity contribution in [2.75, 3.05) is 5.43 Å². The molecule has 4 rings (SSSR count). The van der Waals surface area contributed by atoms with Crippen LogP contribution in [0.15, 0.2) is 52.9 Å². The van der Waals surface area contributed by atoms with Crippen molar-refractivity contribution >= 4 is 22.2 Å². The van der Waals surface area contributed by atoms with Crippen LogP contribution in [0.3, 0.4) is 0 Å². The van der Waals surface area contributed by atoms with Gasteiger partial charge in [-0.05, 0) is 55.9 Å². The molecule has 4 heteroatoms. The van der Waals surface area contributed by atoms with Gasteiger partial charge in [0, 0.05) is 10.9 Å². The summed E-state index contributed by atoms with van der Waals surface area (Å²) < 4.78 is 0. The molecule has 1 N–H and O–H groups in total. The van der Waals surface area contributed by atoms with Crippen LogP contribution in [0.25, 0.3) is 11.3 Å². The van der Waals surface area contributed by atoms with Crippen LogP contribution in [0.1, 0.15) is 35.6 Å². The fourth-order valence-corrected chi connectivity index (χ4v) is 3.84. The van der Waals surface area contributed by atoms with Crippen molar-refractivity contribution in [1.82, 2.24) is 4.98 Å². The molecule has 0 unspecified atom stereocenters. The van der Waals surface area contributed by atoms with Gasteiger partial charge in [-0.3, -0.25) is 5.43 Å². The summed E-state index contributed by atoms with van der Waals surface area (Å²) in [5.74, 6) is 0. The molecule has 0 spiro atoms. The van der Waals surface area contributed by atoms with Crippen molar-refractivity contribution in [2.45, 2.75) is 33.1 Å². The van der Waals surface area contributed by atoms with E-state index in [9.17, 15) is 0 Å². The SMILES string of the molecule is C/C(=N/Nc1nc(-c2ccc3c(c2)CCC3)cs1)c1ccc(C)cc1. The van der Waals surface area contributed by atoms with Crippen molar-refractivity contribution < 1.29 is 0 Å². The molecular weight excluding hydrogens is 326 g/mol. The first kappa shape index (κ1) is 16.0. The molecule has 25 heavy (non-hydrogen) atoms. The molecular formula is C21H21N3S. The van der Waals surface area contributed by atoms with E-state index in [0.29, 0.717) is 0 Å². The molecule has 1 heterocycles. The molecule has 1 aliphatic rings. The van der Waals surface area contributed by atoms with Crippen LogP contribution in [0, 0.1) is 6.92 Å². The van der Waals surface area contributed by atoms with Gasteiger partial charge in [0.25, 0.3) is 0 Å². The summed E-state index contributed by atoms with van der Waals surface area (Å²) in [6, 6.07) is 15.1. The van der Waals surface area contributed by atoms with Gasteiger partial charge in [0.05, 0.1) is 11.4 Å². The van der Waals surface area contributed by atoms with E-state index in [1.807, 2.05) is 6.92 Å². The second-order valence-corrected chi connectivity index (χ2v) is 7.41. The number of nitrogens with one attached hydrogen (secondary N) is 1. The predicted molar refractivity (Wildman–Crippen MR) is 107 cm³/mol. The minimum atomic E-state index is 0.821. The smallest absolute Gasteiger partial charge is 0.203 e. The molecule has 2 aromatic carbocycles. The quantitative estimate of drug-likeness (QED) is 0.504. The molecule has 126 valence electrons. The summed E-state index contributed by atoms with van der Waals surface area (Å²) in [5, 5.41) is 7.39. The number of hydrogen-bond acceptors (Lipinski definition) is 4. The number of hydrogen-bond donors (Lipinski definition) is 1. The predicted octanol–water partition coefficient (Wildman–Crippen LogP) is 5.44. The normalized spacial score (nSPS) is 13.8. The van der Waals surface area contributed by atoms with Gasteiger partial charge in [-0.2, -0.15) is 5.10 Å². The lowest BCUT2D eigenvalue weighted by Crippen LogP contribution is -1.99. The summed E-state index contributed by atoms with van der Waals surface area (Å²) in [6.45, 7) is 4.09. The van der Waals surface area contributed by atoms with Gasteiger partial charge in [-0.1, -0.05) is 42.0 Å². The highest BCUT2D eigenvalue weighted by molar-refractivity contribution is 7.14. The maximum Gasteiger partial charge on any atom is 0.203 e. The average molecular weight is 347 g/mol. The van der Waals surface area contributed by atoms with E-state index >= 15 is 0 Å². The largest absolute Gasteiger partial charge is 0.252 e. The number of hydrazone groups is 1. The maximum atomic E-state index is 4.69. The van der Waals surface area contributed by atoms with E-state index < -0.39 is 0 Å². The number of aromatic nitrogens is 1. The van der Waals surface area contributed by atoms with Crippen molar-refractivity contribution in [3.8, 4) is 11.3 Å². The van der Waals surface area contributed by atoms with Crippen LogP contribution in [-0.4, -0.2) is 10.7 Å². The monoisotopic (exact) mass is 347 g/mol. The average Bonchev–Trinajstić information content (AvgIpc) is 3.28. The Bertz CT molecular complexity index is 923. The number of nitrogens with zero attached hydrogens (tertiary/aromatic N) is 2. The molecule has 0 saturated carbocycles. The number of anilines is 1. The van der Waals surface area contributed by atoms with E-state index in [4.69, 9.17) is 0 Å². The molecule has 0 aliphatic heterocycles. The van der Waals surface area contributed by atoms with Crippen LogP contribution in [0.2, 0.25) is 0 Å². The van der Waals surface area contributed by atoms with E-state index in [2.05, 4.69) is 70.3 Å². The van der Waals surface area contributed by atoms with Crippen LogP contribution in [-0.2, 0) is 12.8 Å². The minimum absolute atomic E-state index is 0.821. The maximum absolute atomic E-state index is 4.69. The van der Waals surface area contributed by atoms with Gasteiger partial charge in [0.2, 0.25) is 5.13 Å². The molecule has 1 aromatic heterocycles. The Balaban J connectivity index is 1.50. The van der Waals surface area contributed by atoms with Crippen molar-refractivity contribution in [2.24, 2.45) is 5.10 Å². The van der Waals surface area contributed by atoms with Crippen molar-refractivity contribution in [3.05, 3.63) is 70.1 Å². The Labute approximate surface area is 152 Å². The Morgan fingerprint density at radius 2 is 1.88 bits per heavy atom. The second-order valence-electron chi connectivity index (χ2n) is 6.55. The Morgan fingerprint density at radius 3 is 2.72 bits per heavy atom. The molecule has 3 nitrogen and oxygen atoms in total. The van der Waals surface area contributed by atoms with Crippen LogP contribution < -0.4 is 5.43 Å². The van der Waals surface area contributed by atoms with E-state index in [-0.39, 0.29) is 0 Å². The molecule has 1 aliphatic carbocycles. The zero-order valence-corrected chi connectivity index (χ0v) is 15.4. The minimum Gasteiger partial charge on any atom is -0.252 e. The Kier molecular flexibility index (Phi) is 4.36. The molecule has 0 radical (unpaired) electrons. The molecule has 0 saturated heterocycles. The van der Waals surface area contributed by atoms with Gasteiger partial charge in [-0.25, -0.2) is 4.98 Å². The van der Waals surface area contributed by atoms with Crippen LogP contribution in [0.5, 0.6) is 0 Å². The first-order valence-electron chi connectivity index (χ1n) is 8.64. The topological polar surface area (TPSA) is 37.3 Å². The number of rotatable bonds is 4. The molecule has 0 fully saturated rings. The standard InChI is InChI=1S/C21H21N3S/c1-14-6-8-16(9-7-14)15(2)23-24-21-22-20(13-25-21)19-11-10-17-4-3-5-18(17)12-19/h6-13H,3-5H2,1-2H3,(H,22,24)/b23-15-. The molecule has 0 atom stereocenters. The number of benzene rings is 2. The van der Waals surface area contributed by atoms with Gasteiger partial charge < -0.3 is 0 Å². The van der Waals surface area contributed by atoms with Crippen molar-refractivity contribution in [1.29, 1.82) is 0 Å². The first-order chi connectivity index (χ1) is 12.2. The highest BCUT2D eigenvalue weighted by atomic mass is 32.1. The second kappa shape index (κ2) is 6.81. The summed E-state index contributed by atoms with van der Waals surface area (Å²) in [7, 11) is 0. The zero-order chi connectivity index (χ0) is 17.2. The molecule has 3 aromatic rings. The van der Waals surface area contributed by atoms with Gasteiger partial charge in [0.15, 0.2) is 0 Å². The highest BCUT2D eigenvalue weighted by Crippen LogP contribution is 2.30. The highest BCUT2D eigenvalue weighted by Gasteiger charge is 2.12. The van der Waals surface area contributed by atoms with E-state index in [1.54, 1.807) is 11.3 Å². The lowest BCUT2D eigenvalue weighted by Gasteiger charge is -2.03. The lowest BCUT2D eigenvalue weighted by atomic mass is 10.1. The zero-order valence-electron chi connectivity index (χ0n) is 14.5. The summed E-state index contributed by atoms with van der Waals surface area (Å²) in [6.07, 6.45) is 3.68. The number of fused-ring (bicyclic) bond motifs is 1. The van der Waals surface area contributed by atoms with Crippen LogP contribution >= 0.6 is 11.3 Å². The van der Waals surface area contributed by atoms with Crippen LogP contribution in [0.4, 0.5) is 5.13 Å². The molecule has 0 amide bonds. The third-order valence-corrected chi connectivity index (χ3v) is 5.43. The van der Waals surface area contributed by atoms with E-state index in [1.165, 1.54) is 41.5 Å². The van der Waals surface area contributed by atoms with Gasteiger partial charge in [0.1, 0.15) is 0 Å². The van der Waals surface area contributed by atoms with Gasteiger partial charge in [-0.15, -0.1) is 11.3 Å². The third kappa shape index (κ3) is 3.49. The summed E-state index contributed by atoms with van der Waals surface area (Å²) >= 11 is 1.59. The first-order valence-corrected chi connectivity index (χ1v) is 9.52.